The van der Waals surface area contributed by atoms with Crippen molar-refractivity contribution in [1.82, 2.24) is 0 Å². The minimum absolute atomic E-state index is 0.755. The van der Waals surface area contributed by atoms with Crippen molar-refractivity contribution in [2.24, 2.45) is 0 Å². The minimum atomic E-state index is -4.88. The van der Waals surface area contributed by atoms with Crippen LogP contribution in [-0.4, -0.2) is 50.0 Å². The van der Waals surface area contributed by atoms with Crippen LogP contribution in [0.5, 0.6) is 0 Å². The molecule has 0 radical (unpaired) electrons. The van der Waals surface area contributed by atoms with E-state index in [4.69, 9.17) is 21.4 Å². The van der Waals surface area contributed by atoms with Gasteiger partial charge in [0.25, 0.3) is 0 Å². The normalized spacial score (nSPS) is 20.5. The second kappa shape index (κ2) is 4.47. The highest BCUT2D eigenvalue weighted by molar-refractivity contribution is 7.46. The van der Waals surface area contributed by atoms with Gasteiger partial charge in [-0.25, -0.2) is 4.57 Å². The molecular formula is C5H13O7P. The molecule has 0 heterocycles. The number of aliphatic hydroxyl groups excluding tert-OH is 2. The summed E-state index contributed by atoms with van der Waals surface area (Å²) in [5.74, 6) is 0. The third-order valence-corrected chi connectivity index (χ3v) is 1.83. The maximum Gasteiger partial charge on any atom is 0.470 e. The Morgan fingerprint density at radius 2 is 2.15 bits per heavy atom. The molecule has 0 bridgehead atoms. The average Bonchev–Trinajstić information content (AvgIpc) is 2.11. The van der Waals surface area contributed by atoms with Crippen LogP contribution >= 0.6 is 7.82 Å². The van der Waals surface area contributed by atoms with Gasteiger partial charge in [0, 0.05) is 1.37 Å². The molecule has 2 atom stereocenters. The molecule has 0 aliphatic rings. The molecule has 80 valence electrons. The Labute approximate surface area is 76.2 Å². The Balaban J connectivity index is 4.62. The SMILES string of the molecule is [2H]C[C@](O)(CO)[C@@H](CO)OP(=O)(O)O. The summed E-state index contributed by atoms with van der Waals surface area (Å²) in [4.78, 5) is 16.8. The Morgan fingerprint density at radius 3 is 2.38 bits per heavy atom. The molecule has 0 aliphatic heterocycles. The van der Waals surface area contributed by atoms with Gasteiger partial charge in [0.15, 0.2) is 0 Å². The average molecular weight is 217 g/mol. The molecule has 5 N–H and O–H groups in total. The molecule has 8 heteroatoms. The van der Waals surface area contributed by atoms with Crippen molar-refractivity contribution in [1.29, 1.82) is 0 Å². The van der Waals surface area contributed by atoms with Crippen LogP contribution in [0.3, 0.4) is 0 Å². The quantitative estimate of drug-likeness (QED) is 0.344. The molecule has 7 nitrogen and oxygen atoms in total. The first-order valence-corrected chi connectivity index (χ1v) is 4.79. The van der Waals surface area contributed by atoms with Gasteiger partial charge in [-0.15, -0.1) is 0 Å². The molecule has 0 aromatic rings. The largest absolute Gasteiger partial charge is 0.470 e. The fourth-order valence-corrected chi connectivity index (χ4v) is 1.16. The third kappa shape index (κ3) is 4.68. The molecule has 0 aromatic carbocycles. The van der Waals surface area contributed by atoms with E-state index < -0.39 is 39.6 Å². The first-order valence-electron chi connectivity index (χ1n) is 3.97. The zero-order valence-electron chi connectivity index (χ0n) is 7.70. The van der Waals surface area contributed by atoms with Crippen molar-refractivity contribution in [2.45, 2.75) is 18.6 Å². The highest BCUT2D eigenvalue weighted by Gasteiger charge is 2.36. The van der Waals surface area contributed by atoms with Crippen molar-refractivity contribution in [2.75, 3.05) is 13.2 Å². The van der Waals surface area contributed by atoms with E-state index in [1.165, 1.54) is 0 Å². The fourth-order valence-electron chi connectivity index (χ4n) is 0.569. The summed E-state index contributed by atoms with van der Waals surface area (Å²) in [6.07, 6.45) is -1.70. The van der Waals surface area contributed by atoms with Crippen LogP contribution < -0.4 is 0 Å². The van der Waals surface area contributed by atoms with Gasteiger partial charge < -0.3 is 25.1 Å². The zero-order chi connectivity index (χ0) is 11.4. The van der Waals surface area contributed by atoms with E-state index in [1.807, 2.05) is 0 Å². The highest BCUT2D eigenvalue weighted by atomic mass is 31.2. The summed E-state index contributed by atoms with van der Waals surface area (Å²) in [6.45, 7) is -2.61. The molecule has 0 spiro atoms. The third-order valence-electron chi connectivity index (χ3n) is 1.30. The molecule has 13 heavy (non-hydrogen) atoms. The van der Waals surface area contributed by atoms with Crippen molar-refractivity contribution in [3.63, 3.8) is 0 Å². The summed E-state index contributed by atoms with van der Waals surface area (Å²) in [5, 5.41) is 26.7. The van der Waals surface area contributed by atoms with Gasteiger partial charge in [0.2, 0.25) is 0 Å². The highest BCUT2D eigenvalue weighted by Crippen LogP contribution is 2.39. The van der Waals surface area contributed by atoms with Crippen molar-refractivity contribution in [3.8, 4) is 0 Å². The number of phosphoric acid groups is 1. The molecule has 0 unspecified atom stereocenters. The Morgan fingerprint density at radius 1 is 1.62 bits per heavy atom. The van der Waals surface area contributed by atoms with E-state index in [0.717, 1.165) is 0 Å². The number of hydrogen-bond acceptors (Lipinski definition) is 5. The number of phosphoric ester groups is 1. The smallest absolute Gasteiger partial charge is 0.394 e. The molecule has 0 aromatic heterocycles. The summed E-state index contributed by atoms with van der Waals surface area (Å²) in [5.41, 5.74) is -2.18. The van der Waals surface area contributed by atoms with E-state index >= 15 is 0 Å². The van der Waals surface area contributed by atoms with Crippen LogP contribution in [-0.2, 0) is 9.09 Å². The second-order valence-corrected chi connectivity index (χ2v) is 3.72. The predicted molar refractivity (Wildman–Crippen MR) is 41.7 cm³/mol. The number of rotatable bonds is 5. The van der Waals surface area contributed by atoms with E-state index in [1.54, 1.807) is 0 Å². The summed E-state index contributed by atoms with van der Waals surface area (Å²) in [6, 6.07) is 0. The first-order chi connectivity index (χ1) is 6.29. The molecule has 0 saturated heterocycles. The Hall–Kier alpha value is -0.0100. The van der Waals surface area contributed by atoms with Crippen LogP contribution in [0.4, 0.5) is 0 Å². The minimum Gasteiger partial charge on any atom is -0.394 e. The van der Waals surface area contributed by atoms with E-state index in [9.17, 15) is 9.67 Å². The van der Waals surface area contributed by atoms with Gasteiger partial charge in [-0.3, -0.25) is 4.52 Å². The van der Waals surface area contributed by atoms with Crippen LogP contribution in [0.15, 0.2) is 0 Å². The molecule has 0 saturated carbocycles. The van der Waals surface area contributed by atoms with Crippen molar-refractivity contribution in [3.05, 3.63) is 0 Å². The molecule has 0 fully saturated rings. The van der Waals surface area contributed by atoms with Gasteiger partial charge in [-0.05, 0) is 6.90 Å². The monoisotopic (exact) mass is 217 g/mol. The lowest BCUT2D eigenvalue weighted by atomic mass is 10.0. The second-order valence-electron chi connectivity index (χ2n) is 2.53. The maximum absolute atomic E-state index is 10.4. The Bertz CT molecular complexity index is 212. The molecule has 0 rings (SSSR count). The number of aliphatic hydroxyl groups is 3. The number of hydrogen-bond donors (Lipinski definition) is 5. The van der Waals surface area contributed by atoms with Crippen LogP contribution in [0.2, 0.25) is 0 Å². The molecule has 0 amide bonds. The van der Waals surface area contributed by atoms with Crippen LogP contribution in [0, 0.1) is 0 Å². The molecular weight excluding hydrogens is 203 g/mol. The van der Waals surface area contributed by atoms with Gasteiger partial charge in [-0.1, -0.05) is 0 Å². The van der Waals surface area contributed by atoms with Gasteiger partial charge in [-0.2, -0.15) is 0 Å². The van der Waals surface area contributed by atoms with Crippen molar-refractivity contribution >= 4 is 7.82 Å². The predicted octanol–water partition coefficient (Wildman–Crippen LogP) is -1.80. The van der Waals surface area contributed by atoms with Crippen LogP contribution in [0.25, 0.3) is 0 Å². The zero-order valence-corrected chi connectivity index (χ0v) is 7.59. The maximum atomic E-state index is 10.4. The summed E-state index contributed by atoms with van der Waals surface area (Å²) < 4.78 is 21.3. The fraction of sp³-hybridized carbons (Fsp3) is 1.00. The van der Waals surface area contributed by atoms with E-state index in [2.05, 4.69) is 4.52 Å². The van der Waals surface area contributed by atoms with Crippen LogP contribution in [0.1, 0.15) is 8.27 Å². The lowest BCUT2D eigenvalue weighted by molar-refractivity contribution is -0.104. The Kier molecular flexibility index (Phi) is 3.81. The lowest BCUT2D eigenvalue weighted by Gasteiger charge is -2.29. The topological polar surface area (TPSA) is 127 Å². The standard InChI is InChI=1S/C5H13O7P/c1-5(8,3-7)4(2-6)12-13(9,10)11/h4,6-8H,2-3H2,1H3,(H2,9,10,11)/t4-,5+/m1/s1/i1D. The molecule has 0 aliphatic carbocycles. The van der Waals surface area contributed by atoms with E-state index in [0.29, 0.717) is 0 Å². The van der Waals surface area contributed by atoms with Gasteiger partial charge in [0.1, 0.15) is 11.7 Å². The lowest BCUT2D eigenvalue weighted by Crippen LogP contribution is -2.46. The summed E-state index contributed by atoms with van der Waals surface area (Å²) >= 11 is 0. The summed E-state index contributed by atoms with van der Waals surface area (Å²) in [7, 11) is -4.88. The van der Waals surface area contributed by atoms with Gasteiger partial charge >= 0.3 is 7.82 Å². The van der Waals surface area contributed by atoms with Crippen molar-refractivity contribution < 1.29 is 35.6 Å². The first kappa shape index (κ1) is 11.1. The van der Waals surface area contributed by atoms with Gasteiger partial charge in [0.05, 0.1) is 13.2 Å². The van der Waals surface area contributed by atoms with E-state index in [-0.39, 0.29) is 0 Å².